The average molecular weight is 496 g/mol. The van der Waals surface area contributed by atoms with Gasteiger partial charge >= 0.3 is 12.1 Å². The van der Waals surface area contributed by atoms with Crippen LogP contribution in [0.15, 0.2) is 54.6 Å². The van der Waals surface area contributed by atoms with Crippen LogP contribution < -0.4 is 10.6 Å². The van der Waals surface area contributed by atoms with Gasteiger partial charge in [-0.05, 0) is 56.5 Å². The zero-order valence-electron chi connectivity index (χ0n) is 21.0. The van der Waals surface area contributed by atoms with Crippen molar-refractivity contribution in [3.8, 4) is 0 Å². The van der Waals surface area contributed by atoms with Crippen LogP contribution in [0.5, 0.6) is 0 Å². The van der Waals surface area contributed by atoms with Crippen LogP contribution in [0.1, 0.15) is 44.4 Å². The first-order valence-electron chi connectivity index (χ1n) is 11.7. The predicted octanol–water partition coefficient (Wildman–Crippen LogP) is 3.97. The van der Waals surface area contributed by atoms with E-state index >= 15 is 0 Å². The largest absolute Gasteiger partial charge is 0.468 e. The molecule has 1 aliphatic heterocycles. The number of β-amino-alcohol motifs (C(OH)–C–C–N with tert-alkyl or cyclic N) is 1. The Labute approximate surface area is 211 Å². The second-order valence-corrected chi connectivity index (χ2v) is 9.52. The van der Waals surface area contributed by atoms with Gasteiger partial charge in [-0.15, -0.1) is 0 Å². The van der Waals surface area contributed by atoms with E-state index in [4.69, 9.17) is 9.47 Å². The van der Waals surface area contributed by atoms with Crippen LogP contribution in [0.25, 0.3) is 6.08 Å². The van der Waals surface area contributed by atoms with Crippen molar-refractivity contribution in [3.63, 3.8) is 0 Å². The Hall–Kier alpha value is -3.69. The molecule has 2 amide bonds. The smallest absolute Gasteiger partial charge is 0.412 e. The van der Waals surface area contributed by atoms with Gasteiger partial charge in [0.15, 0.2) is 0 Å². The zero-order chi connectivity index (χ0) is 26.3. The highest BCUT2D eigenvalue weighted by Gasteiger charge is 2.33. The Morgan fingerprint density at radius 2 is 1.69 bits per heavy atom. The Bertz CT molecular complexity index is 1110. The minimum absolute atomic E-state index is 0.379. The molecule has 3 N–H and O–H groups in total. The van der Waals surface area contributed by atoms with E-state index < -0.39 is 23.8 Å². The number of aliphatic hydroxyl groups is 1. The molecular weight excluding hydrogens is 462 g/mol. The first-order valence-corrected chi connectivity index (χ1v) is 11.7. The van der Waals surface area contributed by atoms with Gasteiger partial charge in [0.25, 0.3) is 0 Å². The number of anilines is 2. The summed E-state index contributed by atoms with van der Waals surface area (Å²) in [5.74, 6) is -0.763. The third-order valence-electron chi connectivity index (χ3n) is 5.48. The molecule has 192 valence electrons. The number of rotatable bonds is 7. The topological polar surface area (TPSA) is 117 Å². The molecule has 3 rings (SSSR count). The number of likely N-dealkylation sites (tertiary alicyclic amines) is 1. The Kier molecular flexibility index (Phi) is 8.84. The number of hydrogen-bond donors (Lipinski definition) is 3. The molecule has 0 saturated carbocycles. The lowest BCUT2D eigenvalue weighted by Crippen LogP contribution is -2.33. The van der Waals surface area contributed by atoms with E-state index in [1.54, 1.807) is 63.2 Å². The van der Waals surface area contributed by atoms with Gasteiger partial charge in [0.1, 0.15) is 11.6 Å². The standard InChI is InChI=1S/C27H33N3O6/c1-27(2,3)36-26(34)29-22-8-6-5-7-21(22)28-23(32)14-11-18-9-12-19(13-10-18)24(25(33)35-4)30-16-15-20(31)17-30/h5-14,20,24,31H,15-17H2,1-4H3,(H,28,32)(H,29,34). The van der Waals surface area contributed by atoms with E-state index in [0.717, 1.165) is 11.1 Å². The summed E-state index contributed by atoms with van der Waals surface area (Å²) < 4.78 is 10.2. The molecule has 9 heteroatoms. The molecular formula is C27H33N3O6. The maximum Gasteiger partial charge on any atom is 0.412 e. The van der Waals surface area contributed by atoms with Gasteiger partial charge in [-0.25, -0.2) is 9.59 Å². The number of carbonyl (C=O) groups excluding carboxylic acids is 3. The molecule has 2 aromatic carbocycles. The summed E-state index contributed by atoms with van der Waals surface area (Å²) in [6.07, 6.45) is 2.57. The summed E-state index contributed by atoms with van der Waals surface area (Å²) in [4.78, 5) is 38.9. The highest BCUT2D eigenvalue weighted by Crippen LogP contribution is 2.27. The van der Waals surface area contributed by atoms with E-state index in [1.807, 2.05) is 17.0 Å². The molecule has 2 atom stereocenters. The molecule has 0 aromatic heterocycles. The number of carbonyl (C=O) groups is 3. The number of ether oxygens (including phenoxy) is 2. The maximum atomic E-state index is 12.5. The number of nitrogens with one attached hydrogen (secondary N) is 2. The second kappa shape index (κ2) is 11.8. The monoisotopic (exact) mass is 495 g/mol. The van der Waals surface area contributed by atoms with E-state index in [2.05, 4.69) is 10.6 Å². The van der Waals surface area contributed by atoms with Gasteiger partial charge < -0.3 is 19.9 Å². The lowest BCUT2D eigenvalue weighted by atomic mass is 10.0. The predicted molar refractivity (Wildman–Crippen MR) is 137 cm³/mol. The van der Waals surface area contributed by atoms with Crippen molar-refractivity contribution in [2.24, 2.45) is 0 Å². The highest BCUT2D eigenvalue weighted by atomic mass is 16.6. The van der Waals surface area contributed by atoms with Crippen molar-refractivity contribution in [1.82, 2.24) is 4.90 Å². The van der Waals surface area contributed by atoms with Crippen LogP contribution in [0.2, 0.25) is 0 Å². The van der Waals surface area contributed by atoms with E-state index in [-0.39, 0.29) is 11.9 Å². The molecule has 1 aliphatic rings. The lowest BCUT2D eigenvalue weighted by Gasteiger charge is -2.25. The van der Waals surface area contributed by atoms with Crippen LogP contribution in [-0.4, -0.2) is 59.9 Å². The van der Waals surface area contributed by atoms with Gasteiger partial charge in [0.2, 0.25) is 5.91 Å². The Balaban J connectivity index is 1.65. The van der Waals surface area contributed by atoms with Gasteiger partial charge in [0.05, 0.1) is 24.6 Å². The van der Waals surface area contributed by atoms with E-state index in [9.17, 15) is 19.5 Å². The number of para-hydroxylation sites is 2. The van der Waals surface area contributed by atoms with Crippen LogP contribution in [0, 0.1) is 0 Å². The van der Waals surface area contributed by atoms with Crippen molar-refractivity contribution in [1.29, 1.82) is 0 Å². The van der Waals surface area contributed by atoms with Crippen LogP contribution in [0.3, 0.4) is 0 Å². The molecule has 2 unspecified atom stereocenters. The first-order chi connectivity index (χ1) is 17.1. The number of esters is 1. The third-order valence-corrected chi connectivity index (χ3v) is 5.48. The molecule has 1 saturated heterocycles. The fourth-order valence-corrected chi connectivity index (χ4v) is 3.86. The summed E-state index contributed by atoms with van der Waals surface area (Å²) in [5.41, 5.74) is 1.72. The molecule has 0 aliphatic carbocycles. The number of amides is 2. The Morgan fingerprint density at radius 3 is 2.25 bits per heavy atom. The van der Waals surface area contributed by atoms with Crippen LogP contribution in [0.4, 0.5) is 16.2 Å². The van der Waals surface area contributed by atoms with Crippen molar-refractivity contribution in [2.75, 3.05) is 30.8 Å². The minimum atomic E-state index is -0.646. The van der Waals surface area contributed by atoms with Crippen molar-refractivity contribution in [3.05, 3.63) is 65.7 Å². The molecule has 0 spiro atoms. The van der Waals surface area contributed by atoms with Crippen molar-refractivity contribution in [2.45, 2.75) is 44.9 Å². The molecule has 9 nitrogen and oxygen atoms in total. The number of methoxy groups -OCH3 is 1. The first kappa shape index (κ1) is 26.9. The molecule has 36 heavy (non-hydrogen) atoms. The zero-order valence-corrected chi connectivity index (χ0v) is 21.0. The van der Waals surface area contributed by atoms with Crippen LogP contribution >= 0.6 is 0 Å². The van der Waals surface area contributed by atoms with Gasteiger partial charge in [-0.3, -0.25) is 15.0 Å². The van der Waals surface area contributed by atoms with E-state index in [0.29, 0.717) is 30.9 Å². The maximum absolute atomic E-state index is 12.5. The summed E-state index contributed by atoms with van der Waals surface area (Å²) in [5, 5.41) is 15.3. The molecule has 0 radical (unpaired) electrons. The normalized spacial score (nSPS) is 17.0. The number of benzene rings is 2. The summed E-state index contributed by atoms with van der Waals surface area (Å²) in [7, 11) is 1.35. The molecule has 0 bridgehead atoms. The van der Waals surface area contributed by atoms with Gasteiger partial charge in [0, 0.05) is 19.2 Å². The highest BCUT2D eigenvalue weighted by molar-refractivity contribution is 6.05. The van der Waals surface area contributed by atoms with Crippen molar-refractivity contribution < 1.29 is 29.0 Å². The fourth-order valence-electron chi connectivity index (χ4n) is 3.86. The SMILES string of the molecule is COC(=O)C(c1ccc(C=CC(=O)Nc2ccccc2NC(=O)OC(C)(C)C)cc1)N1CCC(O)C1. The third kappa shape index (κ3) is 7.66. The average Bonchev–Trinajstić information content (AvgIpc) is 3.24. The number of aliphatic hydroxyl groups excluding tert-OH is 1. The summed E-state index contributed by atoms with van der Waals surface area (Å²) in [6.45, 7) is 6.32. The molecule has 1 heterocycles. The van der Waals surface area contributed by atoms with Crippen molar-refractivity contribution >= 4 is 35.4 Å². The summed E-state index contributed by atoms with van der Waals surface area (Å²) >= 11 is 0. The number of nitrogens with zero attached hydrogens (tertiary/aromatic N) is 1. The second-order valence-electron chi connectivity index (χ2n) is 9.52. The Morgan fingerprint density at radius 1 is 1.06 bits per heavy atom. The van der Waals surface area contributed by atoms with Crippen LogP contribution in [-0.2, 0) is 19.1 Å². The summed E-state index contributed by atoms with van der Waals surface area (Å²) in [6, 6.07) is 13.5. The minimum Gasteiger partial charge on any atom is -0.468 e. The van der Waals surface area contributed by atoms with Gasteiger partial charge in [-0.1, -0.05) is 36.4 Å². The molecule has 2 aromatic rings. The molecule has 1 fully saturated rings. The van der Waals surface area contributed by atoms with E-state index in [1.165, 1.54) is 13.2 Å². The van der Waals surface area contributed by atoms with Gasteiger partial charge in [-0.2, -0.15) is 0 Å². The lowest BCUT2D eigenvalue weighted by molar-refractivity contribution is -0.147. The quantitative estimate of drug-likeness (QED) is 0.393. The number of hydrogen-bond acceptors (Lipinski definition) is 7. The fraction of sp³-hybridized carbons (Fsp3) is 0.370.